The van der Waals surface area contributed by atoms with Crippen LogP contribution in [-0.2, 0) is 9.59 Å². The normalized spacial score (nSPS) is 15.8. The lowest BCUT2D eigenvalue weighted by Gasteiger charge is -2.33. The molecule has 0 aliphatic carbocycles. The Morgan fingerprint density at radius 3 is 1.93 bits per heavy atom. The number of aliphatic carboxylic acids is 1. The van der Waals surface area contributed by atoms with Crippen LogP contribution in [0.4, 0.5) is 0 Å². The molecule has 0 bridgehead atoms. The Bertz CT molecular complexity index is 261. The number of halogens is 3. The van der Waals surface area contributed by atoms with Crippen LogP contribution in [0.1, 0.15) is 19.8 Å². The quantitative estimate of drug-likeness (QED) is 0.751. The molecule has 0 spiro atoms. The average Bonchev–Trinajstić information content (AvgIpc) is 2.11. The third kappa shape index (κ3) is 3.21. The number of alkyl halides is 3. The van der Waals surface area contributed by atoms with Gasteiger partial charge in [-0.25, -0.2) is 0 Å². The maximum Gasteiger partial charge on any atom is 0.316 e. The summed E-state index contributed by atoms with van der Waals surface area (Å²) in [5, 5.41) is 18.0. The third-order valence-corrected chi connectivity index (χ3v) is 3.20. The number of Topliss-reactive ketones (excluding diaryl/α,β-unsaturated/α-hetero) is 1. The minimum atomic E-state index is -2.24. The Kier molecular flexibility index (Phi) is 5.33. The van der Waals surface area contributed by atoms with Crippen LogP contribution in [0.25, 0.3) is 0 Å². The van der Waals surface area contributed by atoms with Crippen molar-refractivity contribution < 1.29 is 19.8 Å². The number of rotatable bonds is 5. The van der Waals surface area contributed by atoms with Gasteiger partial charge in [0.25, 0.3) is 0 Å². The zero-order chi connectivity index (χ0) is 12.3. The van der Waals surface area contributed by atoms with Crippen molar-refractivity contribution in [3.63, 3.8) is 0 Å². The number of carbonyl (C=O) groups excluding carboxylic acids is 1. The molecule has 0 saturated carbocycles. The predicted molar refractivity (Wildman–Crippen MR) is 57.4 cm³/mol. The smallest absolute Gasteiger partial charge is 0.316 e. The molecule has 0 heterocycles. The molecule has 7 heteroatoms. The van der Waals surface area contributed by atoms with Crippen LogP contribution in [0.3, 0.4) is 0 Å². The summed E-state index contributed by atoms with van der Waals surface area (Å²) in [5.74, 6) is -1.90. The summed E-state index contributed by atoms with van der Waals surface area (Å²) in [7, 11) is 0. The lowest BCUT2D eigenvalue weighted by Crippen LogP contribution is -2.47. The molecular formula is C8H11Cl3O4. The molecule has 0 aliphatic rings. The molecule has 88 valence electrons. The lowest BCUT2D eigenvalue weighted by atomic mass is 9.84. The second-order valence-corrected chi connectivity index (χ2v) is 5.39. The number of aliphatic hydroxyl groups excluding tert-OH is 1. The molecule has 4 nitrogen and oxygen atoms in total. The molecule has 0 aromatic heterocycles. The van der Waals surface area contributed by atoms with Crippen molar-refractivity contribution in [3.05, 3.63) is 0 Å². The van der Waals surface area contributed by atoms with Crippen molar-refractivity contribution in [2.24, 2.45) is 5.41 Å². The topological polar surface area (TPSA) is 74.6 Å². The van der Waals surface area contributed by atoms with Crippen LogP contribution in [0.5, 0.6) is 0 Å². The Morgan fingerprint density at radius 2 is 1.73 bits per heavy atom. The SMILES string of the molecule is CCC(=O)CC(CO)(C(=O)O)C(Cl)(Cl)Cl. The van der Waals surface area contributed by atoms with E-state index in [0.717, 1.165) is 0 Å². The largest absolute Gasteiger partial charge is 0.481 e. The zero-order valence-corrected chi connectivity index (χ0v) is 10.2. The minimum Gasteiger partial charge on any atom is -0.481 e. The molecule has 0 aromatic rings. The maximum absolute atomic E-state index is 11.2. The highest BCUT2D eigenvalue weighted by atomic mass is 35.6. The van der Waals surface area contributed by atoms with E-state index in [1.54, 1.807) is 6.92 Å². The van der Waals surface area contributed by atoms with E-state index in [4.69, 9.17) is 45.0 Å². The number of carbonyl (C=O) groups is 2. The molecule has 1 atom stereocenters. The molecule has 15 heavy (non-hydrogen) atoms. The molecule has 0 rings (SSSR count). The van der Waals surface area contributed by atoms with E-state index in [1.165, 1.54) is 0 Å². The highest BCUT2D eigenvalue weighted by Gasteiger charge is 2.55. The molecule has 0 radical (unpaired) electrons. The fourth-order valence-corrected chi connectivity index (χ4v) is 1.59. The van der Waals surface area contributed by atoms with Gasteiger partial charge >= 0.3 is 5.97 Å². The maximum atomic E-state index is 11.2. The average molecular weight is 278 g/mol. The van der Waals surface area contributed by atoms with Gasteiger partial charge < -0.3 is 10.2 Å². The molecule has 0 aromatic carbocycles. The van der Waals surface area contributed by atoms with Crippen LogP contribution in [0, 0.1) is 5.41 Å². The van der Waals surface area contributed by atoms with Gasteiger partial charge in [0.1, 0.15) is 11.2 Å². The van der Waals surface area contributed by atoms with Gasteiger partial charge in [0.2, 0.25) is 3.79 Å². The minimum absolute atomic E-state index is 0.121. The van der Waals surface area contributed by atoms with E-state index in [-0.39, 0.29) is 6.42 Å². The number of ketones is 1. The summed E-state index contributed by atoms with van der Waals surface area (Å²) < 4.78 is -2.24. The highest BCUT2D eigenvalue weighted by molar-refractivity contribution is 6.69. The monoisotopic (exact) mass is 276 g/mol. The number of carboxylic acids is 1. The second kappa shape index (κ2) is 5.34. The van der Waals surface area contributed by atoms with Crippen molar-refractivity contribution in [2.45, 2.75) is 23.6 Å². The van der Waals surface area contributed by atoms with Gasteiger partial charge in [0, 0.05) is 12.8 Å². The molecule has 2 N–H and O–H groups in total. The molecule has 0 amide bonds. The Balaban J connectivity index is 5.18. The zero-order valence-electron chi connectivity index (χ0n) is 7.97. The Morgan fingerprint density at radius 1 is 1.27 bits per heavy atom. The first-order valence-corrected chi connectivity index (χ1v) is 5.27. The third-order valence-electron chi connectivity index (χ3n) is 2.12. The van der Waals surface area contributed by atoms with Gasteiger partial charge in [-0.15, -0.1) is 0 Å². The van der Waals surface area contributed by atoms with E-state index in [9.17, 15) is 9.59 Å². The molecule has 0 aliphatic heterocycles. The number of carboxylic acid groups (broad SMARTS) is 1. The Labute approximate surface area is 102 Å². The van der Waals surface area contributed by atoms with Gasteiger partial charge in [-0.2, -0.15) is 0 Å². The fraction of sp³-hybridized carbons (Fsp3) is 0.750. The van der Waals surface area contributed by atoms with E-state index in [1.807, 2.05) is 0 Å². The molecule has 0 fully saturated rings. The van der Waals surface area contributed by atoms with E-state index < -0.39 is 34.0 Å². The van der Waals surface area contributed by atoms with Crippen LogP contribution in [-0.4, -0.2) is 32.4 Å². The lowest BCUT2D eigenvalue weighted by molar-refractivity contribution is -0.154. The first kappa shape index (κ1) is 15.0. The van der Waals surface area contributed by atoms with Crippen molar-refractivity contribution in [1.29, 1.82) is 0 Å². The molecule has 1 unspecified atom stereocenters. The van der Waals surface area contributed by atoms with E-state index in [0.29, 0.717) is 0 Å². The van der Waals surface area contributed by atoms with Gasteiger partial charge in [-0.05, 0) is 0 Å². The summed E-state index contributed by atoms with van der Waals surface area (Å²) in [4.78, 5) is 22.2. The summed E-state index contributed by atoms with van der Waals surface area (Å²) >= 11 is 16.5. The summed E-state index contributed by atoms with van der Waals surface area (Å²) in [6.45, 7) is 0.648. The first-order valence-electron chi connectivity index (χ1n) is 4.14. The van der Waals surface area contributed by atoms with Crippen LogP contribution < -0.4 is 0 Å². The van der Waals surface area contributed by atoms with Crippen molar-refractivity contribution in [2.75, 3.05) is 6.61 Å². The summed E-state index contributed by atoms with van der Waals surface area (Å²) in [5.41, 5.74) is -2.08. The number of hydrogen-bond donors (Lipinski definition) is 2. The number of hydrogen-bond acceptors (Lipinski definition) is 3. The van der Waals surface area contributed by atoms with Crippen LogP contribution >= 0.6 is 34.8 Å². The van der Waals surface area contributed by atoms with Gasteiger partial charge in [-0.1, -0.05) is 41.7 Å². The standard InChI is InChI=1S/C8H11Cl3O4/c1-2-5(13)3-7(4-12,6(14)15)8(9,10)11/h12H,2-4H2,1H3,(H,14,15). The molecule has 0 saturated heterocycles. The fourth-order valence-electron chi connectivity index (χ4n) is 0.972. The summed E-state index contributed by atoms with van der Waals surface area (Å²) in [6, 6.07) is 0. The number of aliphatic hydroxyl groups is 1. The highest BCUT2D eigenvalue weighted by Crippen LogP contribution is 2.47. The predicted octanol–water partition coefficient (Wildman–Crippen LogP) is 1.79. The summed E-state index contributed by atoms with van der Waals surface area (Å²) in [6.07, 6.45) is -0.387. The van der Waals surface area contributed by atoms with Crippen molar-refractivity contribution in [1.82, 2.24) is 0 Å². The van der Waals surface area contributed by atoms with Gasteiger partial charge in [0.05, 0.1) is 6.61 Å². The Hall–Kier alpha value is -0.0300. The first-order chi connectivity index (χ1) is 6.71. The second-order valence-electron chi connectivity index (χ2n) is 3.11. The van der Waals surface area contributed by atoms with E-state index >= 15 is 0 Å². The van der Waals surface area contributed by atoms with Gasteiger partial charge in [-0.3, -0.25) is 9.59 Å². The molecular weight excluding hydrogens is 266 g/mol. The van der Waals surface area contributed by atoms with Crippen LogP contribution in [0.2, 0.25) is 0 Å². The van der Waals surface area contributed by atoms with Crippen molar-refractivity contribution in [3.8, 4) is 0 Å². The van der Waals surface area contributed by atoms with Crippen molar-refractivity contribution >= 4 is 46.6 Å². The van der Waals surface area contributed by atoms with Crippen LogP contribution in [0.15, 0.2) is 0 Å². The van der Waals surface area contributed by atoms with Gasteiger partial charge in [0.15, 0.2) is 0 Å². The van der Waals surface area contributed by atoms with E-state index in [2.05, 4.69) is 0 Å².